The molecule has 2 rings (SSSR count). The third-order valence-electron chi connectivity index (χ3n) is 2.69. The molecule has 80 valence electrons. The normalized spacial score (nSPS) is 23.9. The van der Waals surface area contributed by atoms with Gasteiger partial charge < -0.3 is 10.2 Å². The van der Waals surface area contributed by atoms with Crippen molar-refractivity contribution in [2.75, 3.05) is 24.6 Å². The van der Waals surface area contributed by atoms with Gasteiger partial charge in [-0.05, 0) is 19.3 Å². The summed E-state index contributed by atoms with van der Waals surface area (Å²) in [7, 11) is 3.74. The predicted octanol–water partition coefficient (Wildman–Crippen LogP) is 1.95. The first kappa shape index (κ1) is 10.5. The topological polar surface area (TPSA) is 32.3 Å². The number of rotatable bonds is 1. The van der Waals surface area contributed by atoms with Gasteiger partial charge in [0.1, 0.15) is 0 Å². The van der Waals surface area contributed by atoms with Crippen molar-refractivity contribution in [3.63, 3.8) is 0 Å². The van der Waals surface area contributed by atoms with Crippen LogP contribution >= 0.6 is 21.6 Å². The lowest BCUT2D eigenvalue weighted by molar-refractivity contribution is 0.192. The third kappa shape index (κ3) is 2.73. The molecule has 1 saturated heterocycles. The van der Waals surface area contributed by atoms with Gasteiger partial charge in [0.25, 0.3) is 0 Å². The van der Waals surface area contributed by atoms with E-state index in [1.165, 1.54) is 19.3 Å². The van der Waals surface area contributed by atoms with Gasteiger partial charge in [0.15, 0.2) is 0 Å². The predicted molar refractivity (Wildman–Crippen MR) is 62.7 cm³/mol. The Labute approximate surface area is 92.8 Å². The number of amides is 2. The lowest BCUT2D eigenvalue weighted by Crippen LogP contribution is -2.48. The van der Waals surface area contributed by atoms with Gasteiger partial charge in [0.05, 0.1) is 0 Å². The fourth-order valence-corrected chi connectivity index (χ4v) is 3.53. The van der Waals surface area contributed by atoms with E-state index in [0.717, 1.165) is 24.6 Å². The van der Waals surface area contributed by atoms with Crippen molar-refractivity contribution in [1.29, 1.82) is 0 Å². The monoisotopic (exact) mass is 232 g/mol. The number of carbonyl (C=O) groups is 1. The third-order valence-corrected chi connectivity index (χ3v) is 5.06. The average Bonchev–Trinajstić information content (AvgIpc) is 2.38. The highest BCUT2D eigenvalue weighted by Crippen LogP contribution is 2.24. The van der Waals surface area contributed by atoms with Crippen LogP contribution in [0.4, 0.5) is 4.79 Å². The highest BCUT2D eigenvalue weighted by molar-refractivity contribution is 8.76. The summed E-state index contributed by atoms with van der Waals surface area (Å²) in [6, 6.07) is 0.615. The second-order valence-electron chi connectivity index (χ2n) is 3.71. The molecular weight excluding hydrogens is 216 g/mol. The van der Waals surface area contributed by atoms with Crippen molar-refractivity contribution in [1.82, 2.24) is 10.2 Å². The Balaban J connectivity index is 1.76. The van der Waals surface area contributed by atoms with E-state index in [0.29, 0.717) is 6.04 Å². The molecule has 5 heteroatoms. The molecule has 2 aliphatic rings. The van der Waals surface area contributed by atoms with Gasteiger partial charge in [-0.1, -0.05) is 21.6 Å². The van der Waals surface area contributed by atoms with Gasteiger partial charge in [0.2, 0.25) is 0 Å². The Morgan fingerprint density at radius 1 is 1.21 bits per heavy atom. The van der Waals surface area contributed by atoms with Gasteiger partial charge in [-0.2, -0.15) is 0 Å². The quantitative estimate of drug-likeness (QED) is 0.701. The molecule has 0 unspecified atom stereocenters. The van der Waals surface area contributed by atoms with Gasteiger partial charge >= 0.3 is 6.03 Å². The van der Waals surface area contributed by atoms with E-state index in [-0.39, 0.29) is 6.03 Å². The highest BCUT2D eigenvalue weighted by Gasteiger charge is 2.22. The molecule has 0 bridgehead atoms. The maximum atomic E-state index is 11.8. The maximum absolute atomic E-state index is 11.8. The number of carbonyl (C=O) groups excluding carboxylic acids is 1. The highest BCUT2D eigenvalue weighted by atomic mass is 33.1. The van der Waals surface area contributed by atoms with Crippen molar-refractivity contribution in [3.05, 3.63) is 0 Å². The Hall–Kier alpha value is -0.0300. The van der Waals surface area contributed by atoms with Crippen LogP contribution < -0.4 is 5.32 Å². The summed E-state index contributed by atoms with van der Waals surface area (Å²) in [5.41, 5.74) is 0. The lowest BCUT2D eigenvalue weighted by atomic mass is 9.93. The Morgan fingerprint density at radius 3 is 2.36 bits per heavy atom. The maximum Gasteiger partial charge on any atom is 0.317 e. The molecule has 3 nitrogen and oxygen atoms in total. The van der Waals surface area contributed by atoms with E-state index in [1.54, 1.807) is 0 Å². The zero-order chi connectivity index (χ0) is 9.80. The molecule has 0 aromatic rings. The molecule has 1 aliphatic carbocycles. The molecule has 0 radical (unpaired) electrons. The molecule has 1 saturated carbocycles. The molecule has 0 aromatic heterocycles. The number of nitrogens with zero attached hydrogens (tertiary/aromatic N) is 1. The van der Waals surface area contributed by atoms with Gasteiger partial charge in [-0.25, -0.2) is 4.79 Å². The minimum Gasteiger partial charge on any atom is -0.335 e. The summed E-state index contributed by atoms with van der Waals surface area (Å²) in [5.74, 6) is 2.12. The summed E-state index contributed by atoms with van der Waals surface area (Å²) in [5, 5.41) is 3.08. The average molecular weight is 232 g/mol. The molecule has 1 N–H and O–H groups in total. The van der Waals surface area contributed by atoms with Gasteiger partial charge in [-0.3, -0.25) is 0 Å². The van der Waals surface area contributed by atoms with E-state index in [1.807, 2.05) is 26.5 Å². The first-order valence-electron chi connectivity index (χ1n) is 5.16. The summed E-state index contributed by atoms with van der Waals surface area (Å²) < 4.78 is 0. The number of hydrogen-bond acceptors (Lipinski definition) is 3. The van der Waals surface area contributed by atoms with Gasteiger partial charge in [0, 0.05) is 30.6 Å². The molecule has 1 heterocycles. The molecule has 0 spiro atoms. The SMILES string of the molecule is O=C(NC1CCC1)N1CCSSCC1. The molecule has 0 aromatic carbocycles. The molecule has 2 amide bonds. The number of urea groups is 1. The smallest absolute Gasteiger partial charge is 0.317 e. The first-order chi connectivity index (χ1) is 6.86. The fourth-order valence-electron chi connectivity index (χ4n) is 1.55. The lowest BCUT2D eigenvalue weighted by Gasteiger charge is -2.29. The van der Waals surface area contributed by atoms with Crippen LogP contribution in [0.25, 0.3) is 0 Å². The van der Waals surface area contributed by atoms with Crippen LogP contribution in [0.15, 0.2) is 0 Å². The zero-order valence-electron chi connectivity index (χ0n) is 8.20. The molecule has 0 atom stereocenters. The van der Waals surface area contributed by atoms with Crippen molar-refractivity contribution in [2.24, 2.45) is 0 Å². The minimum absolute atomic E-state index is 0.151. The van der Waals surface area contributed by atoms with Crippen LogP contribution in [0.5, 0.6) is 0 Å². The van der Waals surface area contributed by atoms with E-state index < -0.39 is 0 Å². The van der Waals surface area contributed by atoms with Crippen LogP contribution in [0.2, 0.25) is 0 Å². The van der Waals surface area contributed by atoms with Crippen LogP contribution in [-0.2, 0) is 0 Å². The largest absolute Gasteiger partial charge is 0.335 e. The number of nitrogens with one attached hydrogen (secondary N) is 1. The van der Waals surface area contributed by atoms with Crippen LogP contribution in [0.1, 0.15) is 19.3 Å². The van der Waals surface area contributed by atoms with E-state index in [2.05, 4.69) is 5.32 Å². The molecule has 2 fully saturated rings. The molecule has 1 aliphatic heterocycles. The van der Waals surface area contributed by atoms with Crippen LogP contribution in [0.3, 0.4) is 0 Å². The number of hydrogen-bond donors (Lipinski definition) is 1. The fraction of sp³-hybridized carbons (Fsp3) is 0.889. The van der Waals surface area contributed by atoms with Crippen LogP contribution in [-0.4, -0.2) is 41.6 Å². The molecular formula is C9H16N2OS2. The summed E-state index contributed by atoms with van der Waals surface area (Å²) in [6.45, 7) is 1.80. The first-order valence-corrected chi connectivity index (χ1v) is 7.65. The Bertz CT molecular complexity index is 201. The minimum atomic E-state index is 0.151. The standard InChI is InChI=1S/C9H16N2OS2/c12-9(10-8-2-1-3-8)11-4-6-13-14-7-5-11/h8H,1-7H2,(H,10,12). The summed E-state index contributed by atoms with van der Waals surface area (Å²) in [4.78, 5) is 13.7. The van der Waals surface area contributed by atoms with Gasteiger partial charge in [-0.15, -0.1) is 0 Å². The second kappa shape index (κ2) is 5.16. The van der Waals surface area contributed by atoms with Crippen molar-refractivity contribution < 1.29 is 4.79 Å². The summed E-state index contributed by atoms with van der Waals surface area (Å²) >= 11 is 0. The zero-order valence-corrected chi connectivity index (χ0v) is 9.83. The van der Waals surface area contributed by atoms with Crippen LogP contribution in [0, 0.1) is 0 Å². The van der Waals surface area contributed by atoms with E-state index in [9.17, 15) is 4.79 Å². The van der Waals surface area contributed by atoms with Crippen molar-refractivity contribution in [2.45, 2.75) is 25.3 Å². The Morgan fingerprint density at radius 2 is 1.86 bits per heavy atom. The van der Waals surface area contributed by atoms with Crippen molar-refractivity contribution in [3.8, 4) is 0 Å². The molecule has 14 heavy (non-hydrogen) atoms. The van der Waals surface area contributed by atoms with E-state index >= 15 is 0 Å². The van der Waals surface area contributed by atoms with E-state index in [4.69, 9.17) is 0 Å². The second-order valence-corrected chi connectivity index (χ2v) is 6.41. The summed E-state index contributed by atoms with van der Waals surface area (Å²) in [6.07, 6.45) is 3.61. The Kier molecular flexibility index (Phi) is 3.87. The van der Waals surface area contributed by atoms with Crippen molar-refractivity contribution >= 4 is 27.6 Å².